The molecule has 0 fully saturated rings. The first-order chi connectivity index (χ1) is 9.24. The highest BCUT2D eigenvalue weighted by atomic mass is 19.1. The molecule has 0 aliphatic carbocycles. The molecule has 0 radical (unpaired) electrons. The molecule has 0 saturated heterocycles. The van der Waals surface area contributed by atoms with Gasteiger partial charge in [-0.1, -0.05) is 30.3 Å². The van der Waals surface area contributed by atoms with Crippen LogP contribution in [0.1, 0.15) is 17.0 Å². The SMILES string of the molecule is O=C(Cc1ccc(F)cc1)C1COc2ccccc21. The Morgan fingerprint density at radius 2 is 1.89 bits per heavy atom. The molecule has 1 aliphatic rings. The highest BCUT2D eigenvalue weighted by Gasteiger charge is 2.29. The molecule has 0 amide bonds. The van der Waals surface area contributed by atoms with Crippen molar-refractivity contribution in [2.75, 3.05) is 6.61 Å². The van der Waals surface area contributed by atoms with Gasteiger partial charge in [0.2, 0.25) is 0 Å². The van der Waals surface area contributed by atoms with E-state index in [1.165, 1.54) is 12.1 Å². The molecule has 0 spiro atoms. The van der Waals surface area contributed by atoms with E-state index in [9.17, 15) is 9.18 Å². The number of para-hydroxylation sites is 1. The number of carbonyl (C=O) groups is 1. The molecule has 0 aromatic heterocycles. The van der Waals surface area contributed by atoms with E-state index in [4.69, 9.17) is 4.74 Å². The summed E-state index contributed by atoms with van der Waals surface area (Å²) < 4.78 is 18.3. The second-order valence-electron chi connectivity index (χ2n) is 4.67. The summed E-state index contributed by atoms with van der Waals surface area (Å²) >= 11 is 0. The number of benzene rings is 2. The highest BCUT2D eigenvalue weighted by Crippen LogP contribution is 2.34. The molecule has 2 nitrogen and oxygen atoms in total. The summed E-state index contributed by atoms with van der Waals surface area (Å²) in [6.07, 6.45) is 0.308. The predicted octanol–water partition coefficient (Wildman–Crippen LogP) is 3.11. The average Bonchev–Trinajstić information content (AvgIpc) is 2.85. The van der Waals surface area contributed by atoms with Gasteiger partial charge in [-0.05, 0) is 23.8 Å². The van der Waals surface area contributed by atoms with Gasteiger partial charge in [-0.2, -0.15) is 0 Å². The van der Waals surface area contributed by atoms with Crippen molar-refractivity contribution in [3.8, 4) is 5.75 Å². The van der Waals surface area contributed by atoms with E-state index in [0.29, 0.717) is 13.0 Å². The Morgan fingerprint density at radius 3 is 2.68 bits per heavy atom. The van der Waals surface area contributed by atoms with Crippen LogP contribution in [0.3, 0.4) is 0 Å². The molecular weight excluding hydrogens is 243 g/mol. The summed E-state index contributed by atoms with van der Waals surface area (Å²) in [6.45, 7) is 0.402. The zero-order valence-corrected chi connectivity index (χ0v) is 10.3. The summed E-state index contributed by atoms with van der Waals surface area (Å²) in [6, 6.07) is 13.7. The minimum absolute atomic E-state index is 0.108. The lowest BCUT2D eigenvalue weighted by Crippen LogP contribution is -2.16. The molecule has 0 N–H and O–H groups in total. The van der Waals surface area contributed by atoms with Gasteiger partial charge in [-0.25, -0.2) is 4.39 Å². The second kappa shape index (κ2) is 4.84. The van der Waals surface area contributed by atoms with Gasteiger partial charge >= 0.3 is 0 Å². The van der Waals surface area contributed by atoms with Crippen molar-refractivity contribution in [3.63, 3.8) is 0 Å². The summed E-state index contributed by atoms with van der Waals surface area (Å²) in [5, 5.41) is 0. The van der Waals surface area contributed by atoms with E-state index in [1.807, 2.05) is 24.3 Å². The molecule has 2 aromatic rings. The smallest absolute Gasteiger partial charge is 0.148 e. The Bertz CT molecular complexity index is 604. The first-order valence-electron chi connectivity index (χ1n) is 6.23. The normalized spacial score (nSPS) is 16.8. The van der Waals surface area contributed by atoms with Gasteiger partial charge in [0.25, 0.3) is 0 Å². The van der Waals surface area contributed by atoms with E-state index in [-0.39, 0.29) is 17.5 Å². The summed E-state index contributed by atoms with van der Waals surface area (Å²) in [5.41, 5.74) is 1.78. The van der Waals surface area contributed by atoms with Gasteiger partial charge in [0, 0.05) is 12.0 Å². The lowest BCUT2D eigenvalue weighted by atomic mass is 9.93. The van der Waals surface area contributed by atoms with E-state index in [2.05, 4.69) is 0 Å². The van der Waals surface area contributed by atoms with Crippen LogP contribution in [0, 0.1) is 5.82 Å². The van der Waals surface area contributed by atoms with Gasteiger partial charge < -0.3 is 4.74 Å². The number of hydrogen-bond acceptors (Lipinski definition) is 2. The number of rotatable bonds is 3. The fourth-order valence-corrected chi connectivity index (χ4v) is 2.36. The Labute approximate surface area is 110 Å². The van der Waals surface area contributed by atoms with Crippen molar-refractivity contribution in [3.05, 3.63) is 65.5 Å². The number of halogens is 1. The molecule has 1 aliphatic heterocycles. The number of hydrogen-bond donors (Lipinski definition) is 0. The molecule has 96 valence electrons. The van der Waals surface area contributed by atoms with Crippen molar-refractivity contribution in [2.24, 2.45) is 0 Å². The van der Waals surface area contributed by atoms with E-state index in [1.54, 1.807) is 12.1 Å². The molecule has 3 heteroatoms. The van der Waals surface area contributed by atoms with Crippen molar-refractivity contribution < 1.29 is 13.9 Å². The second-order valence-corrected chi connectivity index (χ2v) is 4.67. The van der Waals surface area contributed by atoms with Crippen LogP contribution in [0.4, 0.5) is 4.39 Å². The Hall–Kier alpha value is -2.16. The minimum atomic E-state index is -0.286. The zero-order chi connectivity index (χ0) is 13.2. The van der Waals surface area contributed by atoms with Crippen LogP contribution in [0.2, 0.25) is 0 Å². The maximum Gasteiger partial charge on any atom is 0.148 e. The van der Waals surface area contributed by atoms with Crippen LogP contribution >= 0.6 is 0 Å². The number of Topliss-reactive ketones (excluding diaryl/α,β-unsaturated/α-hetero) is 1. The van der Waals surface area contributed by atoms with Gasteiger partial charge in [0.15, 0.2) is 0 Å². The first-order valence-corrected chi connectivity index (χ1v) is 6.23. The molecule has 2 aromatic carbocycles. The lowest BCUT2D eigenvalue weighted by molar-refractivity contribution is -0.120. The average molecular weight is 256 g/mol. The Morgan fingerprint density at radius 1 is 1.16 bits per heavy atom. The van der Waals surface area contributed by atoms with Crippen LogP contribution in [0.15, 0.2) is 48.5 Å². The van der Waals surface area contributed by atoms with Crippen LogP contribution in [-0.4, -0.2) is 12.4 Å². The number of carbonyl (C=O) groups excluding carboxylic acids is 1. The number of ether oxygens (including phenoxy) is 1. The fourth-order valence-electron chi connectivity index (χ4n) is 2.36. The fraction of sp³-hybridized carbons (Fsp3) is 0.188. The Balaban J connectivity index is 1.77. The Kier molecular flexibility index (Phi) is 3.03. The molecule has 0 bridgehead atoms. The van der Waals surface area contributed by atoms with Gasteiger partial charge in [-0.15, -0.1) is 0 Å². The summed E-state index contributed by atoms with van der Waals surface area (Å²) in [7, 11) is 0. The van der Waals surface area contributed by atoms with Crippen LogP contribution in [0.5, 0.6) is 5.75 Å². The molecule has 3 rings (SSSR count). The van der Waals surface area contributed by atoms with Crippen molar-refractivity contribution in [1.82, 2.24) is 0 Å². The van der Waals surface area contributed by atoms with Gasteiger partial charge in [0.1, 0.15) is 24.0 Å². The predicted molar refractivity (Wildman–Crippen MR) is 69.8 cm³/mol. The topological polar surface area (TPSA) is 26.3 Å². The first kappa shape index (κ1) is 11.9. The molecule has 1 heterocycles. The largest absolute Gasteiger partial charge is 0.492 e. The van der Waals surface area contributed by atoms with E-state index in [0.717, 1.165) is 16.9 Å². The quantitative estimate of drug-likeness (QED) is 0.843. The van der Waals surface area contributed by atoms with E-state index < -0.39 is 0 Å². The third-order valence-corrected chi connectivity index (χ3v) is 3.38. The van der Waals surface area contributed by atoms with Crippen molar-refractivity contribution in [1.29, 1.82) is 0 Å². The number of fused-ring (bicyclic) bond motifs is 1. The highest BCUT2D eigenvalue weighted by molar-refractivity contribution is 5.89. The molecule has 1 unspecified atom stereocenters. The maximum atomic E-state index is 12.8. The van der Waals surface area contributed by atoms with E-state index >= 15 is 0 Å². The van der Waals surface area contributed by atoms with Gasteiger partial charge in [0.05, 0.1) is 5.92 Å². The molecule has 19 heavy (non-hydrogen) atoms. The lowest BCUT2D eigenvalue weighted by Gasteiger charge is -2.07. The van der Waals surface area contributed by atoms with Gasteiger partial charge in [-0.3, -0.25) is 4.79 Å². The molecule has 0 saturated carbocycles. The number of ketones is 1. The monoisotopic (exact) mass is 256 g/mol. The third-order valence-electron chi connectivity index (χ3n) is 3.38. The minimum Gasteiger partial charge on any atom is -0.492 e. The van der Waals surface area contributed by atoms with Crippen molar-refractivity contribution in [2.45, 2.75) is 12.3 Å². The standard InChI is InChI=1S/C16H13FO2/c17-12-7-5-11(6-8-12)9-15(18)14-10-19-16-4-2-1-3-13(14)16/h1-8,14H,9-10H2. The van der Waals surface area contributed by atoms with Crippen LogP contribution in [0.25, 0.3) is 0 Å². The van der Waals surface area contributed by atoms with Crippen molar-refractivity contribution >= 4 is 5.78 Å². The van der Waals surface area contributed by atoms with Crippen LogP contribution in [-0.2, 0) is 11.2 Å². The molecular formula is C16H13FO2. The summed E-state index contributed by atoms with van der Waals surface area (Å²) in [4.78, 5) is 12.3. The van der Waals surface area contributed by atoms with Crippen LogP contribution < -0.4 is 4.74 Å². The summed E-state index contributed by atoms with van der Waals surface area (Å²) in [5.74, 6) is 0.406. The molecule has 1 atom stereocenters. The zero-order valence-electron chi connectivity index (χ0n) is 10.3. The maximum absolute atomic E-state index is 12.8. The third kappa shape index (κ3) is 2.36.